The SMILES string of the molecule is CNC1CN(c2c(F)cc3c(=O)c(C(=O)O)cn(-c4cc(N)c(F)cc4F)c3c2Br)C1. The molecule has 31 heavy (non-hydrogen) atoms. The van der Waals surface area contributed by atoms with E-state index in [1.807, 2.05) is 0 Å². The largest absolute Gasteiger partial charge is 0.477 e. The number of nitrogens with one attached hydrogen (secondary N) is 1. The number of fused-ring (bicyclic) bond motifs is 1. The number of hydrogen-bond acceptors (Lipinski definition) is 5. The number of carboxylic acids is 1. The van der Waals surface area contributed by atoms with Gasteiger partial charge < -0.3 is 25.6 Å². The summed E-state index contributed by atoms with van der Waals surface area (Å²) in [5.41, 5.74) is 3.45. The minimum absolute atomic E-state index is 0.0317. The Morgan fingerprint density at radius 3 is 2.48 bits per heavy atom. The fourth-order valence-corrected chi connectivity index (χ4v) is 4.46. The normalized spacial score (nSPS) is 14.2. The van der Waals surface area contributed by atoms with Crippen LogP contribution in [-0.4, -0.2) is 41.8 Å². The molecule has 0 amide bonds. The number of halogens is 4. The molecule has 0 unspecified atom stereocenters. The van der Waals surface area contributed by atoms with Crippen molar-refractivity contribution < 1.29 is 23.1 Å². The number of carbonyl (C=O) groups is 1. The van der Waals surface area contributed by atoms with Gasteiger partial charge >= 0.3 is 5.97 Å². The second kappa shape index (κ2) is 7.57. The number of aromatic carboxylic acids is 1. The molecule has 0 bridgehead atoms. The topological polar surface area (TPSA) is 101 Å². The molecule has 3 aromatic rings. The highest BCUT2D eigenvalue weighted by atomic mass is 79.9. The fourth-order valence-electron chi connectivity index (χ4n) is 3.62. The summed E-state index contributed by atoms with van der Waals surface area (Å²) in [4.78, 5) is 26.1. The molecule has 2 aromatic carbocycles. The van der Waals surface area contributed by atoms with Crippen molar-refractivity contribution in [2.75, 3.05) is 30.8 Å². The van der Waals surface area contributed by atoms with E-state index in [0.29, 0.717) is 19.2 Å². The zero-order chi connectivity index (χ0) is 22.6. The van der Waals surface area contributed by atoms with Crippen molar-refractivity contribution >= 4 is 44.2 Å². The lowest BCUT2D eigenvalue weighted by molar-refractivity contribution is 0.0695. The number of rotatable bonds is 4. The zero-order valence-electron chi connectivity index (χ0n) is 16.0. The summed E-state index contributed by atoms with van der Waals surface area (Å²) in [7, 11) is 1.78. The third-order valence-electron chi connectivity index (χ3n) is 5.32. The van der Waals surface area contributed by atoms with E-state index in [1.54, 1.807) is 11.9 Å². The number of aromatic nitrogens is 1. The molecule has 2 heterocycles. The third kappa shape index (κ3) is 3.33. The molecule has 4 rings (SSSR count). The Bertz CT molecular complexity index is 1310. The molecule has 4 N–H and O–H groups in total. The van der Waals surface area contributed by atoms with E-state index in [-0.39, 0.29) is 38.5 Å². The third-order valence-corrected chi connectivity index (χ3v) is 6.07. The van der Waals surface area contributed by atoms with Crippen LogP contribution < -0.4 is 21.4 Å². The Labute approximate surface area is 182 Å². The predicted molar refractivity (Wildman–Crippen MR) is 114 cm³/mol. The quantitative estimate of drug-likeness (QED) is 0.480. The van der Waals surface area contributed by atoms with E-state index >= 15 is 0 Å². The molecule has 1 aliphatic rings. The maximum Gasteiger partial charge on any atom is 0.341 e. The van der Waals surface area contributed by atoms with Crippen LogP contribution in [0.3, 0.4) is 0 Å². The number of nitrogens with zero attached hydrogens (tertiary/aromatic N) is 2. The van der Waals surface area contributed by atoms with Gasteiger partial charge in [0.1, 0.15) is 23.0 Å². The van der Waals surface area contributed by atoms with Gasteiger partial charge in [-0.05, 0) is 35.1 Å². The van der Waals surface area contributed by atoms with Crippen LogP contribution in [0.1, 0.15) is 10.4 Å². The van der Waals surface area contributed by atoms with Crippen molar-refractivity contribution in [1.29, 1.82) is 0 Å². The first kappa shape index (κ1) is 21.2. The van der Waals surface area contributed by atoms with Crippen LogP contribution in [0.4, 0.5) is 24.5 Å². The first-order valence-electron chi connectivity index (χ1n) is 9.11. The van der Waals surface area contributed by atoms with Crippen molar-refractivity contribution in [3.05, 3.63) is 62.1 Å². The second-order valence-corrected chi connectivity index (χ2v) is 7.97. The summed E-state index contributed by atoms with van der Waals surface area (Å²) in [5, 5.41) is 12.2. The maximum atomic E-state index is 15.0. The molecule has 0 radical (unpaired) electrons. The van der Waals surface area contributed by atoms with Gasteiger partial charge in [0, 0.05) is 31.4 Å². The number of anilines is 2. The van der Waals surface area contributed by atoms with Crippen LogP contribution in [0.25, 0.3) is 16.6 Å². The molecule has 1 aromatic heterocycles. The summed E-state index contributed by atoms with van der Waals surface area (Å²) in [6.07, 6.45) is 0.918. The highest BCUT2D eigenvalue weighted by Gasteiger charge is 2.31. The molecule has 0 spiro atoms. The van der Waals surface area contributed by atoms with Crippen LogP contribution in [0.2, 0.25) is 0 Å². The first-order chi connectivity index (χ1) is 14.6. The Kier molecular flexibility index (Phi) is 5.18. The van der Waals surface area contributed by atoms with Gasteiger partial charge in [-0.1, -0.05) is 0 Å². The number of pyridine rings is 1. The van der Waals surface area contributed by atoms with E-state index in [4.69, 9.17) is 5.73 Å². The van der Waals surface area contributed by atoms with Crippen molar-refractivity contribution in [1.82, 2.24) is 9.88 Å². The van der Waals surface area contributed by atoms with Crippen LogP contribution in [-0.2, 0) is 0 Å². The zero-order valence-corrected chi connectivity index (χ0v) is 17.6. The van der Waals surface area contributed by atoms with Gasteiger partial charge in [0.25, 0.3) is 0 Å². The number of nitrogens with two attached hydrogens (primary N) is 1. The van der Waals surface area contributed by atoms with Gasteiger partial charge in [-0.2, -0.15) is 0 Å². The van der Waals surface area contributed by atoms with Crippen molar-refractivity contribution in [2.24, 2.45) is 0 Å². The van der Waals surface area contributed by atoms with E-state index < -0.39 is 34.4 Å². The molecule has 0 saturated carbocycles. The Hall–Kier alpha value is -3.05. The molecule has 1 fully saturated rings. The van der Waals surface area contributed by atoms with Crippen LogP contribution >= 0.6 is 15.9 Å². The molecular weight excluding hydrogens is 481 g/mol. The molecule has 162 valence electrons. The smallest absolute Gasteiger partial charge is 0.341 e. The molecule has 1 aliphatic heterocycles. The van der Waals surface area contributed by atoms with Crippen LogP contribution in [0.15, 0.2) is 33.7 Å². The van der Waals surface area contributed by atoms with Gasteiger partial charge in [-0.3, -0.25) is 4.79 Å². The highest BCUT2D eigenvalue weighted by molar-refractivity contribution is 9.10. The number of nitrogen functional groups attached to an aromatic ring is 1. The molecule has 0 atom stereocenters. The van der Waals surface area contributed by atoms with Gasteiger partial charge in [0.15, 0.2) is 0 Å². The summed E-state index contributed by atoms with van der Waals surface area (Å²) in [6.45, 7) is 0.986. The second-order valence-electron chi connectivity index (χ2n) is 7.18. The Balaban J connectivity index is 2.09. The van der Waals surface area contributed by atoms with E-state index in [1.165, 1.54) is 0 Å². The average molecular weight is 497 g/mol. The molecule has 0 aliphatic carbocycles. The summed E-state index contributed by atoms with van der Waals surface area (Å²) in [6, 6.07) is 2.61. The van der Waals surface area contributed by atoms with Gasteiger partial charge in [-0.15, -0.1) is 0 Å². The Morgan fingerprint density at radius 1 is 1.19 bits per heavy atom. The number of hydrogen-bond donors (Lipinski definition) is 3. The fraction of sp³-hybridized carbons (Fsp3) is 0.200. The van der Waals surface area contributed by atoms with Gasteiger partial charge in [0.2, 0.25) is 5.43 Å². The number of likely N-dealkylation sites (N-methyl/N-ethyl adjacent to an activating group) is 1. The summed E-state index contributed by atoms with van der Waals surface area (Å²) < 4.78 is 44.6. The molecule has 1 saturated heterocycles. The predicted octanol–water partition coefficient (Wildman–Crippen LogP) is 2.86. The van der Waals surface area contributed by atoms with E-state index in [0.717, 1.165) is 22.9 Å². The lowest BCUT2D eigenvalue weighted by Gasteiger charge is -2.41. The van der Waals surface area contributed by atoms with Crippen molar-refractivity contribution in [3.8, 4) is 5.69 Å². The molecular formula is C20H16BrF3N4O3. The Morgan fingerprint density at radius 2 is 1.87 bits per heavy atom. The monoisotopic (exact) mass is 496 g/mol. The highest BCUT2D eigenvalue weighted by Crippen LogP contribution is 2.39. The van der Waals surface area contributed by atoms with Gasteiger partial charge in [-0.25, -0.2) is 18.0 Å². The van der Waals surface area contributed by atoms with Crippen LogP contribution in [0.5, 0.6) is 0 Å². The molecule has 11 heteroatoms. The van der Waals surface area contributed by atoms with Crippen LogP contribution in [0, 0.1) is 17.5 Å². The average Bonchev–Trinajstić information content (AvgIpc) is 2.67. The number of benzene rings is 2. The van der Waals surface area contributed by atoms with Gasteiger partial charge in [0.05, 0.1) is 32.4 Å². The van der Waals surface area contributed by atoms with E-state index in [9.17, 15) is 27.9 Å². The molecule has 7 nitrogen and oxygen atoms in total. The maximum absolute atomic E-state index is 15.0. The minimum atomic E-state index is -1.57. The van der Waals surface area contributed by atoms with Crippen molar-refractivity contribution in [2.45, 2.75) is 6.04 Å². The first-order valence-corrected chi connectivity index (χ1v) is 9.91. The van der Waals surface area contributed by atoms with E-state index in [2.05, 4.69) is 21.2 Å². The lowest BCUT2D eigenvalue weighted by atomic mass is 10.0. The van der Waals surface area contributed by atoms with Crippen molar-refractivity contribution in [3.63, 3.8) is 0 Å². The standard InChI is InChI=1S/C20H16BrF3N4O3/c1-26-8-5-27(6-8)18-13(24)2-9-17(16(18)21)28(7-10(19(9)29)20(30)31)15-4-14(25)11(22)3-12(15)23/h2-4,7-8,26H,5-6,25H2,1H3,(H,30,31). The summed E-state index contributed by atoms with van der Waals surface area (Å²) in [5.74, 6) is -4.34. The minimum Gasteiger partial charge on any atom is -0.477 e. The number of carboxylic acid groups (broad SMARTS) is 1. The lowest BCUT2D eigenvalue weighted by Crippen LogP contribution is -2.57. The summed E-state index contributed by atoms with van der Waals surface area (Å²) >= 11 is 3.31.